The lowest BCUT2D eigenvalue weighted by Crippen LogP contribution is -2.46. The first-order chi connectivity index (χ1) is 17.7. The van der Waals surface area contributed by atoms with Gasteiger partial charge in [-0.2, -0.15) is 4.37 Å². The molecular weight excluding hydrogens is 498 g/mol. The molecule has 3 aromatic rings. The number of rotatable bonds is 8. The van der Waals surface area contributed by atoms with Gasteiger partial charge in [-0.15, -0.1) is 0 Å². The standard InChI is InChI=1S/C25H27N5O6S/c1-36-18-11-13(9-10-17(18)32)21(24(34)28-14-5-2-3-6-14)30(15-7-4-8-16(31)12-15)25(35)22-19(26)20(23(27)33)29-37-22/h4,7-12,14,21,31-32H,2-3,5-6,26H2,1H3,(H2,27,33)(H,28,34). The number of aromatic nitrogens is 1. The van der Waals surface area contributed by atoms with Crippen molar-refractivity contribution >= 4 is 40.6 Å². The summed E-state index contributed by atoms with van der Waals surface area (Å²) in [6.07, 6.45) is 3.57. The molecule has 1 fully saturated rings. The number of nitrogens with zero attached hydrogens (tertiary/aromatic N) is 2. The van der Waals surface area contributed by atoms with Crippen LogP contribution >= 0.6 is 11.5 Å². The fourth-order valence-electron chi connectivity index (χ4n) is 4.40. The van der Waals surface area contributed by atoms with Crippen LogP contribution in [0.4, 0.5) is 11.4 Å². The smallest absolute Gasteiger partial charge is 0.273 e. The molecule has 0 radical (unpaired) electrons. The fraction of sp³-hybridized carbons (Fsp3) is 0.280. The van der Waals surface area contributed by atoms with Gasteiger partial charge in [0.25, 0.3) is 11.8 Å². The molecule has 0 aliphatic heterocycles. The van der Waals surface area contributed by atoms with E-state index >= 15 is 0 Å². The number of ether oxygens (including phenoxy) is 1. The number of nitrogens with one attached hydrogen (secondary N) is 1. The fourth-order valence-corrected chi connectivity index (χ4v) is 5.14. The number of nitrogen functional groups attached to an aromatic ring is 1. The summed E-state index contributed by atoms with van der Waals surface area (Å²) >= 11 is 0.681. The molecular formula is C25H27N5O6S. The number of amides is 3. The Labute approximate surface area is 216 Å². The van der Waals surface area contributed by atoms with E-state index in [1.165, 1.54) is 48.4 Å². The van der Waals surface area contributed by atoms with E-state index in [0.29, 0.717) is 17.1 Å². The number of phenols is 2. The number of benzene rings is 2. The number of carbonyl (C=O) groups is 3. The SMILES string of the molecule is COc1cc(C(C(=O)NC2CCCC2)N(C(=O)c2snc(C(N)=O)c2N)c2cccc(O)c2)ccc1O. The minimum atomic E-state index is -1.26. The van der Waals surface area contributed by atoms with Gasteiger partial charge in [0.15, 0.2) is 17.2 Å². The molecule has 4 rings (SSSR count). The molecule has 37 heavy (non-hydrogen) atoms. The Bertz CT molecular complexity index is 1340. The van der Waals surface area contributed by atoms with E-state index in [1.807, 2.05) is 0 Å². The Kier molecular flexibility index (Phi) is 7.48. The van der Waals surface area contributed by atoms with Gasteiger partial charge in [0.2, 0.25) is 5.91 Å². The van der Waals surface area contributed by atoms with Gasteiger partial charge in [0.05, 0.1) is 12.8 Å². The van der Waals surface area contributed by atoms with Crippen LogP contribution in [-0.4, -0.2) is 45.5 Å². The van der Waals surface area contributed by atoms with E-state index in [2.05, 4.69) is 9.69 Å². The predicted octanol–water partition coefficient (Wildman–Crippen LogP) is 2.69. The van der Waals surface area contributed by atoms with Crippen LogP contribution < -0.4 is 26.4 Å². The maximum Gasteiger partial charge on any atom is 0.273 e. The molecule has 0 saturated heterocycles. The summed E-state index contributed by atoms with van der Waals surface area (Å²) in [5.74, 6) is -2.28. The van der Waals surface area contributed by atoms with Crippen LogP contribution in [-0.2, 0) is 4.79 Å². The number of anilines is 2. The number of aromatic hydroxyl groups is 2. The van der Waals surface area contributed by atoms with E-state index < -0.39 is 23.8 Å². The highest BCUT2D eigenvalue weighted by molar-refractivity contribution is 7.09. The molecule has 0 spiro atoms. The van der Waals surface area contributed by atoms with Gasteiger partial charge in [-0.1, -0.05) is 25.0 Å². The molecule has 1 saturated carbocycles. The van der Waals surface area contributed by atoms with Gasteiger partial charge in [-0.3, -0.25) is 19.3 Å². The van der Waals surface area contributed by atoms with Crippen LogP contribution in [0.5, 0.6) is 17.2 Å². The minimum absolute atomic E-state index is 0.0647. The molecule has 7 N–H and O–H groups in total. The lowest BCUT2D eigenvalue weighted by molar-refractivity contribution is -0.123. The zero-order valence-corrected chi connectivity index (χ0v) is 20.8. The van der Waals surface area contributed by atoms with Gasteiger partial charge in [-0.25, -0.2) is 0 Å². The van der Waals surface area contributed by atoms with E-state index in [9.17, 15) is 24.6 Å². The molecule has 1 aliphatic carbocycles. The van der Waals surface area contributed by atoms with E-state index in [-0.39, 0.29) is 45.2 Å². The monoisotopic (exact) mass is 525 g/mol. The van der Waals surface area contributed by atoms with Gasteiger partial charge < -0.3 is 31.7 Å². The second kappa shape index (κ2) is 10.7. The Morgan fingerprint density at radius 1 is 1.16 bits per heavy atom. The summed E-state index contributed by atoms with van der Waals surface area (Å²) in [4.78, 5) is 40.6. The summed E-state index contributed by atoms with van der Waals surface area (Å²) in [5.41, 5.74) is 11.5. The van der Waals surface area contributed by atoms with Crippen molar-refractivity contribution in [1.29, 1.82) is 0 Å². The highest BCUT2D eigenvalue weighted by Crippen LogP contribution is 2.37. The highest BCUT2D eigenvalue weighted by atomic mass is 32.1. The minimum Gasteiger partial charge on any atom is -0.508 e. The quantitative estimate of drug-likeness (QED) is 0.297. The van der Waals surface area contributed by atoms with Gasteiger partial charge in [-0.05, 0) is 54.2 Å². The molecule has 1 heterocycles. The molecule has 1 aliphatic rings. The third-order valence-electron chi connectivity index (χ3n) is 6.21. The van der Waals surface area contributed by atoms with E-state index in [0.717, 1.165) is 25.7 Å². The number of hydrogen-bond acceptors (Lipinski definition) is 9. The predicted molar refractivity (Wildman–Crippen MR) is 138 cm³/mol. The third-order valence-corrected chi connectivity index (χ3v) is 7.06. The van der Waals surface area contributed by atoms with Crippen molar-refractivity contribution in [3.63, 3.8) is 0 Å². The summed E-state index contributed by atoms with van der Waals surface area (Å²) in [7, 11) is 1.37. The second-order valence-corrected chi connectivity index (χ2v) is 9.43. The van der Waals surface area contributed by atoms with Crippen molar-refractivity contribution in [2.75, 3.05) is 17.7 Å². The molecule has 2 aromatic carbocycles. The first kappa shape index (κ1) is 25.8. The molecule has 1 aromatic heterocycles. The van der Waals surface area contributed by atoms with Crippen molar-refractivity contribution < 1.29 is 29.3 Å². The van der Waals surface area contributed by atoms with Crippen LogP contribution in [0.2, 0.25) is 0 Å². The zero-order chi connectivity index (χ0) is 26.7. The summed E-state index contributed by atoms with van der Waals surface area (Å²) < 4.78 is 9.16. The number of nitrogens with two attached hydrogens (primary N) is 2. The van der Waals surface area contributed by atoms with Crippen molar-refractivity contribution in [3.8, 4) is 17.2 Å². The molecule has 0 bridgehead atoms. The lowest BCUT2D eigenvalue weighted by Gasteiger charge is -2.32. The summed E-state index contributed by atoms with van der Waals surface area (Å²) in [5, 5.41) is 23.4. The lowest BCUT2D eigenvalue weighted by atomic mass is 10.0. The maximum absolute atomic E-state index is 14.0. The van der Waals surface area contributed by atoms with Crippen LogP contribution in [0.15, 0.2) is 42.5 Å². The molecule has 3 amide bonds. The van der Waals surface area contributed by atoms with Crippen LogP contribution in [0.1, 0.15) is 57.4 Å². The number of hydrogen-bond donors (Lipinski definition) is 5. The second-order valence-electron chi connectivity index (χ2n) is 8.66. The topological polar surface area (TPSA) is 181 Å². The highest BCUT2D eigenvalue weighted by Gasteiger charge is 2.37. The summed E-state index contributed by atoms with van der Waals surface area (Å²) in [6.45, 7) is 0. The number of primary amides is 1. The Balaban J connectivity index is 1.89. The molecule has 1 unspecified atom stereocenters. The average Bonchev–Trinajstić information content (AvgIpc) is 3.52. The van der Waals surface area contributed by atoms with Crippen LogP contribution in [0.25, 0.3) is 0 Å². The van der Waals surface area contributed by atoms with Crippen molar-refractivity contribution in [2.45, 2.75) is 37.8 Å². The van der Waals surface area contributed by atoms with E-state index in [4.69, 9.17) is 16.2 Å². The summed E-state index contributed by atoms with van der Waals surface area (Å²) in [6, 6.07) is 8.84. The average molecular weight is 526 g/mol. The molecule has 11 nitrogen and oxygen atoms in total. The first-order valence-corrected chi connectivity index (χ1v) is 12.3. The van der Waals surface area contributed by atoms with E-state index in [1.54, 1.807) is 6.07 Å². The Morgan fingerprint density at radius 3 is 2.51 bits per heavy atom. The van der Waals surface area contributed by atoms with Crippen LogP contribution in [0.3, 0.4) is 0 Å². The largest absolute Gasteiger partial charge is 0.508 e. The van der Waals surface area contributed by atoms with Crippen molar-refractivity contribution in [2.24, 2.45) is 5.73 Å². The first-order valence-electron chi connectivity index (χ1n) is 11.6. The molecule has 1 atom stereocenters. The Morgan fingerprint density at radius 2 is 1.89 bits per heavy atom. The normalized spacial score (nSPS) is 14.2. The number of carbonyl (C=O) groups excluding carboxylic acids is 3. The van der Waals surface area contributed by atoms with Gasteiger partial charge in [0, 0.05) is 17.8 Å². The maximum atomic E-state index is 14.0. The van der Waals surface area contributed by atoms with Crippen molar-refractivity contribution in [3.05, 3.63) is 58.6 Å². The molecule has 194 valence electrons. The zero-order valence-electron chi connectivity index (χ0n) is 20.0. The van der Waals surface area contributed by atoms with Gasteiger partial charge >= 0.3 is 0 Å². The number of phenolic OH excluding ortho intramolecular Hbond substituents is 2. The van der Waals surface area contributed by atoms with Crippen molar-refractivity contribution in [1.82, 2.24) is 9.69 Å². The number of methoxy groups -OCH3 is 1. The third kappa shape index (κ3) is 5.28. The van der Waals surface area contributed by atoms with Gasteiger partial charge in [0.1, 0.15) is 16.7 Å². The van der Waals surface area contributed by atoms with Crippen LogP contribution in [0, 0.1) is 0 Å². The molecule has 12 heteroatoms. The Hall–Kier alpha value is -4.32.